The molecule has 0 heterocycles. The molecule has 1 N–H and O–H groups in total. The van der Waals surface area contributed by atoms with Crippen LogP contribution in [-0.2, 0) is 10.0 Å². The van der Waals surface area contributed by atoms with Gasteiger partial charge in [0, 0.05) is 7.05 Å². The molecule has 1 aromatic rings. The summed E-state index contributed by atoms with van der Waals surface area (Å²) in [5, 5.41) is 9.98. The summed E-state index contributed by atoms with van der Waals surface area (Å²) in [6.45, 7) is 1.53. The second kappa shape index (κ2) is 5.79. The van der Waals surface area contributed by atoms with E-state index in [0.29, 0.717) is 18.4 Å². The van der Waals surface area contributed by atoms with Crippen molar-refractivity contribution in [3.8, 4) is 0 Å². The molecule has 0 spiro atoms. The third-order valence-corrected chi connectivity index (χ3v) is 5.85. The second-order valence-electron chi connectivity index (χ2n) is 5.35. The van der Waals surface area contributed by atoms with Gasteiger partial charge in [-0.2, -0.15) is 4.31 Å². The highest BCUT2D eigenvalue weighted by Gasteiger charge is 2.34. The van der Waals surface area contributed by atoms with Crippen LogP contribution in [0.5, 0.6) is 0 Å². The Kier molecular flexibility index (Phi) is 4.46. The highest BCUT2D eigenvalue weighted by atomic mass is 32.2. The van der Waals surface area contributed by atoms with Crippen LogP contribution in [0.4, 0.5) is 4.39 Å². The van der Waals surface area contributed by atoms with Gasteiger partial charge in [-0.05, 0) is 43.5 Å². The van der Waals surface area contributed by atoms with Gasteiger partial charge in [0.2, 0.25) is 10.0 Å². The molecule has 1 aliphatic carbocycles. The number of aryl methyl sites for hydroxylation is 1. The summed E-state index contributed by atoms with van der Waals surface area (Å²) < 4.78 is 39.5. The van der Waals surface area contributed by atoms with Crippen LogP contribution in [0.25, 0.3) is 0 Å². The predicted octanol–water partition coefficient (Wildman–Crippen LogP) is 2.06. The van der Waals surface area contributed by atoms with E-state index in [0.717, 1.165) is 18.9 Å². The van der Waals surface area contributed by atoms with Crippen molar-refractivity contribution in [2.75, 3.05) is 7.05 Å². The predicted molar refractivity (Wildman–Crippen MR) is 74.3 cm³/mol. The van der Waals surface area contributed by atoms with Gasteiger partial charge in [0.15, 0.2) is 0 Å². The lowest BCUT2D eigenvalue weighted by Crippen LogP contribution is -2.46. The van der Waals surface area contributed by atoms with Gasteiger partial charge in [-0.1, -0.05) is 12.8 Å². The molecule has 0 saturated heterocycles. The SMILES string of the molecule is Cc1cc(S(=O)(=O)N(C)[C@@H]2CCCC[C@H]2O)ccc1F. The zero-order valence-electron chi connectivity index (χ0n) is 11.7. The third-order valence-electron chi connectivity index (χ3n) is 3.97. The van der Waals surface area contributed by atoms with Crippen LogP contribution in [0.3, 0.4) is 0 Å². The molecule has 2 rings (SSSR count). The van der Waals surface area contributed by atoms with E-state index in [1.54, 1.807) is 0 Å². The number of rotatable bonds is 3. The second-order valence-corrected chi connectivity index (χ2v) is 7.35. The topological polar surface area (TPSA) is 57.6 Å². The average molecular weight is 301 g/mol. The molecule has 0 bridgehead atoms. The highest BCUT2D eigenvalue weighted by molar-refractivity contribution is 7.89. The van der Waals surface area contributed by atoms with E-state index >= 15 is 0 Å². The molecule has 1 fully saturated rings. The molecule has 0 aliphatic heterocycles. The number of aliphatic hydroxyl groups is 1. The first-order chi connectivity index (χ1) is 9.34. The maximum Gasteiger partial charge on any atom is 0.243 e. The monoisotopic (exact) mass is 301 g/mol. The molecule has 0 amide bonds. The van der Waals surface area contributed by atoms with E-state index in [2.05, 4.69) is 0 Å². The molecule has 4 nitrogen and oxygen atoms in total. The van der Waals surface area contributed by atoms with Gasteiger partial charge >= 0.3 is 0 Å². The first-order valence-corrected chi connectivity index (χ1v) is 8.20. The lowest BCUT2D eigenvalue weighted by atomic mass is 9.93. The van der Waals surface area contributed by atoms with E-state index < -0.39 is 28.0 Å². The van der Waals surface area contributed by atoms with E-state index in [1.807, 2.05) is 0 Å². The van der Waals surface area contributed by atoms with Gasteiger partial charge in [0.05, 0.1) is 17.0 Å². The van der Waals surface area contributed by atoms with Gasteiger partial charge in [-0.3, -0.25) is 0 Å². The summed E-state index contributed by atoms with van der Waals surface area (Å²) in [7, 11) is -2.22. The number of halogens is 1. The van der Waals surface area contributed by atoms with Gasteiger partial charge in [0.25, 0.3) is 0 Å². The van der Waals surface area contributed by atoms with Crippen LogP contribution < -0.4 is 0 Å². The van der Waals surface area contributed by atoms with Crippen LogP contribution >= 0.6 is 0 Å². The number of sulfonamides is 1. The van der Waals surface area contributed by atoms with Crippen molar-refractivity contribution in [2.45, 2.75) is 49.6 Å². The number of likely N-dealkylation sites (N-methyl/N-ethyl adjacent to an activating group) is 1. The first kappa shape index (κ1) is 15.4. The van der Waals surface area contributed by atoms with Crippen molar-refractivity contribution >= 4 is 10.0 Å². The van der Waals surface area contributed by atoms with Crippen molar-refractivity contribution in [3.05, 3.63) is 29.6 Å². The molecule has 1 aromatic carbocycles. The van der Waals surface area contributed by atoms with Crippen LogP contribution in [-0.4, -0.2) is 37.0 Å². The van der Waals surface area contributed by atoms with E-state index in [-0.39, 0.29) is 4.90 Å². The van der Waals surface area contributed by atoms with Crippen LogP contribution in [0.1, 0.15) is 31.2 Å². The average Bonchev–Trinajstić information content (AvgIpc) is 2.41. The van der Waals surface area contributed by atoms with Crippen LogP contribution in [0.15, 0.2) is 23.1 Å². The largest absolute Gasteiger partial charge is 0.391 e. The standard InChI is InChI=1S/C14H20FNO3S/c1-10-9-11(7-8-12(10)15)20(18,19)16(2)13-5-3-4-6-14(13)17/h7-9,13-14,17H,3-6H2,1-2H3/t13-,14-/m1/s1. The normalized spacial score (nSPS) is 24.1. The fraction of sp³-hybridized carbons (Fsp3) is 0.571. The van der Waals surface area contributed by atoms with Crippen molar-refractivity contribution in [1.82, 2.24) is 4.31 Å². The highest BCUT2D eigenvalue weighted by Crippen LogP contribution is 2.27. The molecule has 20 heavy (non-hydrogen) atoms. The van der Waals surface area contributed by atoms with Crippen molar-refractivity contribution in [3.63, 3.8) is 0 Å². The zero-order chi connectivity index (χ0) is 14.9. The molecule has 2 atom stereocenters. The van der Waals surface area contributed by atoms with Gasteiger partial charge < -0.3 is 5.11 Å². The number of nitrogens with zero attached hydrogens (tertiary/aromatic N) is 1. The Balaban J connectivity index is 2.31. The smallest absolute Gasteiger partial charge is 0.243 e. The van der Waals surface area contributed by atoms with Crippen molar-refractivity contribution < 1.29 is 17.9 Å². The zero-order valence-corrected chi connectivity index (χ0v) is 12.5. The number of aliphatic hydroxyl groups excluding tert-OH is 1. The van der Waals surface area contributed by atoms with Gasteiger partial charge in [-0.15, -0.1) is 0 Å². The Labute approximate surface area is 119 Å². The fourth-order valence-electron chi connectivity index (χ4n) is 2.64. The molecular formula is C14H20FNO3S. The molecule has 0 radical (unpaired) electrons. The number of hydrogen-bond acceptors (Lipinski definition) is 3. The molecule has 6 heteroatoms. The minimum Gasteiger partial charge on any atom is -0.391 e. The Bertz CT molecular complexity index is 588. The Hall–Kier alpha value is -0.980. The Morgan fingerprint density at radius 1 is 1.30 bits per heavy atom. The van der Waals surface area contributed by atoms with Gasteiger partial charge in [-0.25, -0.2) is 12.8 Å². The molecule has 0 unspecified atom stereocenters. The van der Waals surface area contributed by atoms with Crippen LogP contribution in [0, 0.1) is 12.7 Å². The molecule has 1 aliphatic rings. The van der Waals surface area contributed by atoms with Crippen molar-refractivity contribution in [1.29, 1.82) is 0 Å². The molecule has 1 saturated carbocycles. The van der Waals surface area contributed by atoms with E-state index in [4.69, 9.17) is 0 Å². The summed E-state index contributed by atoms with van der Waals surface area (Å²) >= 11 is 0. The van der Waals surface area contributed by atoms with Crippen LogP contribution in [0.2, 0.25) is 0 Å². The first-order valence-electron chi connectivity index (χ1n) is 6.76. The quantitative estimate of drug-likeness (QED) is 0.929. The molecular weight excluding hydrogens is 281 g/mol. The molecule has 0 aromatic heterocycles. The molecule has 112 valence electrons. The maximum absolute atomic E-state index is 13.3. The summed E-state index contributed by atoms with van der Waals surface area (Å²) in [5.41, 5.74) is 0.295. The lowest BCUT2D eigenvalue weighted by molar-refractivity contribution is 0.0638. The minimum absolute atomic E-state index is 0.0664. The third kappa shape index (κ3) is 2.87. The summed E-state index contributed by atoms with van der Waals surface area (Å²) in [5.74, 6) is -0.427. The van der Waals surface area contributed by atoms with Gasteiger partial charge in [0.1, 0.15) is 5.82 Å². The Morgan fingerprint density at radius 2 is 1.95 bits per heavy atom. The summed E-state index contributed by atoms with van der Waals surface area (Å²) in [6.07, 6.45) is 2.46. The lowest BCUT2D eigenvalue weighted by Gasteiger charge is -2.34. The summed E-state index contributed by atoms with van der Waals surface area (Å²) in [4.78, 5) is 0.0664. The number of benzene rings is 1. The van der Waals surface area contributed by atoms with Crippen molar-refractivity contribution in [2.24, 2.45) is 0 Å². The minimum atomic E-state index is -3.70. The Morgan fingerprint density at radius 3 is 2.55 bits per heavy atom. The number of hydrogen-bond donors (Lipinski definition) is 1. The summed E-state index contributed by atoms with van der Waals surface area (Å²) in [6, 6.07) is 3.35. The fourth-order valence-corrected chi connectivity index (χ4v) is 4.14. The van der Waals surface area contributed by atoms with E-state index in [9.17, 15) is 17.9 Å². The maximum atomic E-state index is 13.3. The van der Waals surface area contributed by atoms with E-state index in [1.165, 1.54) is 30.4 Å².